The summed E-state index contributed by atoms with van der Waals surface area (Å²) in [5, 5.41) is 3.19. The second-order valence-electron chi connectivity index (χ2n) is 6.86. The van der Waals surface area contributed by atoms with Crippen molar-refractivity contribution in [3.63, 3.8) is 0 Å². The first-order valence-electron chi connectivity index (χ1n) is 9.23. The zero-order chi connectivity index (χ0) is 21.0. The van der Waals surface area contributed by atoms with Gasteiger partial charge in [0.25, 0.3) is 0 Å². The first-order valence-corrected chi connectivity index (χ1v) is 11.4. The smallest absolute Gasteiger partial charge is 0.244 e. The van der Waals surface area contributed by atoms with Crippen LogP contribution in [0.5, 0.6) is 0 Å². The van der Waals surface area contributed by atoms with Gasteiger partial charge < -0.3 is 14.6 Å². The van der Waals surface area contributed by atoms with E-state index in [0.717, 1.165) is 5.56 Å². The van der Waals surface area contributed by atoms with Gasteiger partial charge in [-0.15, -0.1) is 0 Å². The zero-order valence-electron chi connectivity index (χ0n) is 15.9. The van der Waals surface area contributed by atoms with Gasteiger partial charge in [-0.1, -0.05) is 23.7 Å². The van der Waals surface area contributed by atoms with Gasteiger partial charge in [0, 0.05) is 31.5 Å². The number of sulfone groups is 1. The predicted octanol–water partition coefficient (Wildman–Crippen LogP) is 1.69. The fourth-order valence-electron chi connectivity index (χ4n) is 3.01. The summed E-state index contributed by atoms with van der Waals surface area (Å²) in [5.41, 5.74) is 0.722. The molecule has 1 aliphatic rings. The minimum Gasteiger partial charge on any atom is -0.441 e. The molecular formula is C19H22ClN3O5S. The van der Waals surface area contributed by atoms with Crippen LogP contribution in [-0.4, -0.2) is 60.8 Å². The van der Waals surface area contributed by atoms with Gasteiger partial charge in [0.15, 0.2) is 21.5 Å². The van der Waals surface area contributed by atoms with Crippen molar-refractivity contribution in [2.45, 2.75) is 25.8 Å². The van der Waals surface area contributed by atoms with Gasteiger partial charge in [0.05, 0.1) is 22.7 Å². The highest BCUT2D eigenvalue weighted by molar-refractivity contribution is 7.91. The Morgan fingerprint density at radius 1 is 1.28 bits per heavy atom. The molecule has 1 aromatic carbocycles. The van der Waals surface area contributed by atoms with E-state index >= 15 is 0 Å². The second kappa shape index (κ2) is 8.96. The summed E-state index contributed by atoms with van der Waals surface area (Å²) in [6, 6.07) is 6.50. The average molecular weight is 440 g/mol. The monoisotopic (exact) mass is 439 g/mol. The lowest BCUT2D eigenvalue weighted by Gasteiger charge is -2.29. The van der Waals surface area contributed by atoms with Gasteiger partial charge in [-0.05, 0) is 19.1 Å². The van der Waals surface area contributed by atoms with E-state index in [-0.39, 0.29) is 49.3 Å². The standard InChI is InChI=1S/C19H22ClN3O5S/c1-13(19(25)23-8-10-29(26,27)11-9-23)22-17(24)6-7-18-21-12-16(28-18)14-4-2-3-5-15(14)20/h2-5,12-13H,6-11H2,1H3,(H,22,24). The zero-order valence-corrected chi connectivity index (χ0v) is 17.5. The maximum atomic E-state index is 12.4. The molecule has 0 aliphatic carbocycles. The van der Waals surface area contributed by atoms with Crippen LogP contribution < -0.4 is 5.32 Å². The van der Waals surface area contributed by atoms with Crippen LogP contribution in [0.25, 0.3) is 11.3 Å². The lowest BCUT2D eigenvalue weighted by atomic mass is 10.2. The third kappa shape index (κ3) is 5.57. The van der Waals surface area contributed by atoms with Gasteiger partial charge in [-0.3, -0.25) is 9.59 Å². The third-order valence-corrected chi connectivity index (χ3v) is 6.60. The SMILES string of the molecule is CC(NC(=O)CCc1ncc(-c2ccccc2Cl)o1)C(=O)N1CCS(=O)(=O)CC1. The number of oxazole rings is 1. The van der Waals surface area contributed by atoms with Crippen molar-refractivity contribution in [3.05, 3.63) is 41.4 Å². The normalized spacial score (nSPS) is 17.0. The Morgan fingerprint density at radius 2 is 1.97 bits per heavy atom. The number of carbonyl (C=O) groups is 2. The molecule has 10 heteroatoms. The van der Waals surface area contributed by atoms with Crippen molar-refractivity contribution in [3.8, 4) is 11.3 Å². The first kappa shape index (κ1) is 21.3. The molecule has 1 atom stereocenters. The van der Waals surface area contributed by atoms with Gasteiger partial charge in [0.2, 0.25) is 11.8 Å². The summed E-state index contributed by atoms with van der Waals surface area (Å²) in [6.07, 6.45) is 1.94. The highest BCUT2D eigenvalue weighted by Gasteiger charge is 2.28. The van der Waals surface area contributed by atoms with Gasteiger partial charge in [-0.2, -0.15) is 0 Å². The molecule has 1 aromatic heterocycles. The molecule has 0 spiro atoms. The summed E-state index contributed by atoms with van der Waals surface area (Å²) in [6.45, 7) is 1.90. The number of nitrogens with zero attached hydrogens (tertiary/aromatic N) is 2. The lowest BCUT2D eigenvalue weighted by molar-refractivity contribution is -0.135. The van der Waals surface area contributed by atoms with Crippen LogP contribution in [0.4, 0.5) is 0 Å². The Morgan fingerprint density at radius 3 is 2.66 bits per heavy atom. The fraction of sp³-hybridized carbons (Fsp3) is 0.421. The van der Waals surface area contributed by atoms with Gasteiger partial charge in [-0.25, -0.2) is 13.4 Å². The molecule has 1 saturated heterocycles. The van der Waals surface area contributed by atoms with E-state index in [0.29, 0.717) is 16.7 Å². The number of aryl methyl sites for hydroxylation is 1. The highest BCUT2D eigenvalue weighted by atomic mass is 35.5. The predicted molar refractivity (Wildman–Crippen MR) is 108 cm³/mol. The number of nitrogens with one attached hydrogen (secondary N) is 1. The van der Waals surface area contributed by atoms with E-state index in [4.69, 9.17) is 16.0 Å². The molecule has 2 amide bonds. The van der Waals surface area contributed by atoms with Crippen molar-refractivity contribution in [2.24, 2.45) is 0 Å². The number of benzene rings is 1. The van der Waals surface area contributed by atoms with Crippen LogP contribution in [0, 0.1) is 0 Å². The van der Waals surface area contributed by atoms with Crippen LogP contribution >= 0.6 is 11.6 Å². The molecule has 0 bridgehead atoms. The molecule has 1 unspecified atom stereocenters. The third-order valence-electron chi connectivity index (χ3n) is 4.66. The number of amides is 2. The molecular weight excluding hydrogens is 418 g/mol. The molecule has 1 fully saturated rings. The molecule has 2 aromatic rings. The molecule has 3 rings (SSSR count). The van der Waals surface area contributed by atoms with Crippen LogP contribution in [0.15, 0.2) is 34.9 Å². The minimum atomic E-state index is -3.06. The van der Waals surface area contributed by atoms with Crippen LogP contribution in [0.2, 0.25) is 5.02 Å². The fourth-order valence-corrected chi connectivity index (χ4v) is 4.44. The Bertz CT molecular complexity index is 991. The van der Waals surface area contributed by atoms with Crippen LogP contribution in [0.1, 0.15) is 19.2 Å². The van der Waals surface area contributed by atoms with Crippen LogP contribution in [-0.2, 0) is 25.8 Å². The lowest BCUT2D eigenvalue weighted by Crippen LogP contribution is -2.51. The largest absolute Gasteiger partial charge is 0.441 e. The van der Waals surface area contributed by atoms with Crippen LogP contribution in [0.3, 0.4) is 0 Å². The van der Waals surface area contributed by atoms with E-state index in [1.165, 1.54) is 4.90 Å². The van der Waals surface area contributed by atoms with Gasteiger partial charge >= 0.3 is 0 Å². The highest BCUT2D eigenvalue weighted by Crippen LogP contribution is 2.28. The number of rotatable bonds is 6. The number of halogens is 1. The van der Waals surface area contributed by atoms with E-state index in [1.54, 1.807) is 19.2 Å². The van der Waals surface area contributed by atoms with Crippen molar-refractivity contribution in [1.29, 1.82) is 0 Å². The molecule has 8 nitrogen and oxygen atoms in total. The Hall–Kier alpha value is -2.39. The second-order valence-corrected chi connectivity index (χ2v) is 9.58. The summed E-state index contributed by atoms with van der Waals surface area (Å²) in [4.78, 5) is 30.2. The maximum Gasteiger partial charge on any atom is 0.244 e. The Labute approximate surface area is 174 Å². The number of hydrogen-bond donors (Lipinski definition) is 1. The topological polar surface area (TPSA) is 110 Å². The summed E-state index contributed by atoms with van der Waals surface area (Å²) in [7, 11) is -3.06. The first-order chi connectivity index (χ1) is 13.7. The molecule has 1 aliphatic heterocycles. The molecule has 156 valence electrons. The average Bonchev–Trinajstić information content (AvgIpc) is 3.15. The Kier molecular flexibility index (Phi) is 6.59. The number of aromatic nitrogens is 1. The van der Waals surface area contributed by atoms with Crippen molar-refractivity contribution >= 4 is 33.3 Å². The summed E-state index contributed by atoms with van der Waals surface area (Å²) < 4.78 is 28.6. The summed E-state index contributed by atoms with van der Waals surface area (Å²) in [5.74, 6) is 0.234. The molecule has 1 N–H and O–H groups in total. The van der Waals surface area contributed by atoms with E-state index < -0.39 is 15.9 Å². The van der Waals surface area contributed by atoms with Crippen molar-refractivity contribution in [1.82, 2.24) is 15.2 Å². The van der Waals surface area contributed by atoms with E-state index in [1.807, 2.05) is 18.2 Å². The Balaban J connectivity index is 1.49. The van der Waals surface area contributed by atoms with E-state index in [2.05, 4.69) is 10.3 Å². The summed E-state index contributed by atoms with van der Waals surface area (Å²) >= 11 is 6.14. The molecule has 0 saturated carbocycles. The maximum absolute atomic E-state index is 12.4. The van der Waals surface area contributed by atoms with Crippen molar-refractivity contribution in [2.75, 3.05) is 24.6 Å². The number of hydrogen-bond acceptors (Lipinski definition) is 6. The minimum absolute atomic E-state index is 0.0443. The van der Waals surface area contributed by atoms with E-state index in [9.17, 15) is 18.0 Å². The van der Waals surface area contributed by atoms with Crippen molar-refractivity contribution < 1.29 is 22.4 Å². The van der Waals surface area contributed by atoms with Gasteiger partial charge in [0.1, 0.15) is 6.04 Å². The molecule has 0 radical (unpaired) electrons. The quantitative estimate of drug-likeness (QED) is 0.733. The molecule has 2 heterocycles. The molecule has 29 heavy (non-hydrogen) atoms. The number of carbonyl (C=O) groups excluding carboxylic acids is 2.